The summed E-state index contributed by atoms with van der Waals surface area (Å²) in [6, 6.07) is 5.31. The van der Waals surface area contributed by atoms with Gasteiger partial charge in [0.2, 0.25) is 0 Å². The van der Waals surface area contributed by atoms with Crippen molar-refractivity contribution in [2.75, 3.05) is 5.88 Å². The summed E-state index contributed by atoms with van der Waals surface area (Å²) >= 11 is 17.5. The van der Waals surface area contributed by atoms with Gasteiger partial charge in [-0.2, -0.15) is 0 Å². The Balaban J connectivity index is 2.24. The zero-order chi connectivity index (χ0) is 10.8. The Bertz CT molecular complexity index is 385. The molecule has 1 aromatic rings. The SMILES string of the molecule is ClCC1CC(c2cc(Cl)cc(Cl)c2)=NO1. The van der Waals surface area contributed by atoms with Crippen molar-refractivity contribution >= 4 is 40.5 Å². The topological polar surface area (TPSA) is 21.6 Å². The number of hydrogen-bond donors (Lipinski definition) is 0. The number of hydrogen-bond acceptors (Lipinski definition) is 2. The van der Waals surface area contributed by atoms with Crippen molar-refractivity contribution in [1.29, 1.82) is 0 Å². The predicted molar refractivity (Wildman–Crippen MR) is 63.2 cm³/mol. The summed E-state index contributed by atoms with van der Waals surface area (Å²) in [4.78, 5) is 5.12. The lowest BCUT2D eigenvalue weighted by molar-refractivity contribution is 0.102. The molecule has 2 rings (SSSR count). The second-order valence-electron chi connectivity index (χ2n) is 3.28. The van der Waals surface area contributed by atoms with Crippen LogP contribution in [0.15, 0.2) is 23.4 Å². The maximum Gasteiger partial charge on any atom is 0.146 e. The number of oxime groups is 1. The van der Waals surface area contributed by atoms with E-state index in [2.05, 4.69) is 5.16 Å². The predicted octanol–water partition coefficient (Wildman–Crippen LogP) is 3.73. The van der Waals surface area contributed by atoms with Crippen LogP contribution in [-0.2, 0) is 4.84 Å². The molecule has 0 saturated heterocycles. The summed E-state index contributed by atoms with van der Waals surface area (Å²) in [6.45, 7) is 0. The van der Waals surface area contributed by atoms with Crippen molar-refractivity contribution in [3.8, 4) is 0 Å². The minimum Gasteiger partial charge on any atom is -0.391 e. The van der Waals surface area contributed by atoms with Crippen LogP contribution in [0.1, 0.15) is 12.0 Å². The average Bonchev–Trinajstić information content (AvgIpc) is 2.64. The molecule has 0 N–H and O–H groups in total. The van der Waals surface area contributed by atoms with Crippen LogP contribution in [0.3, 0.4) is 0 Å². The fourth-order valence-electron chi connectivity index (χ4n) is 1.40. The van der Waals surface area contributed by atoms with Crippen LogP contribution >= 0.6 is 34.8 Å². The van der Waals surface area contributed by atoms with Gasteiger partial charge in [-0.05, 0) is 18.2 Å². The van der Waals surface area contributed by atoms with Crippen molar-refractivity contribution in [2.45, 2.75) is 12.5 Å². The van der Waals surface area contributed by atoms with Crippen molar-refractivity contribution in [3.63, 3.8) is 0 Å². The molecule has 0 saturated carbocycles. The number of rotatable bonds is 2. The fourth-order valence-corrected chi connectivity index (χ4v) is 2.09. The third kappa shape index (κ3) is 2.57. The van der Waals surface area contributed by atoms with Gasteiger partial charge in [-0.3, -0.25) is 0 Å². The highest BCUT2D eigenvalue weighted by atomic mass is 35.5. The smallest absolute Gasteiger partial charge is 0.146 e. The van der Waals surface area contributed by atoms with Gasteiger partial charge in [0.1, 0.15) is 6.10 Å². The van der Waals surface area contributed by atoms with Crippen molar-refractivity contribution in [3.05, 3.63) is 33.8 Å². The molecule has 0 fully saturated rings. The monoisotopic (exact) mass is 263 g/mol. The highest BCUT2D eigenvalue weighted by molar-refractivity contribution is 6.35. The highest BCUT2D eigenvalue weighted by Gasteiger charge is 2.21. The molecule has 1 aromatic carbocycles. The summed E-state index contributed by atoms with van der Waals surface area (Å²) in [7, 11) is 0. The molecule has 1 aliphatic heterocycles. The van der Waals surface area contributed by atoms with Gasteiger partial charge in [0.25, 0.3) is 0 Å². The Morgan fingerprint density at radius 1 is 1.27 bits per heavy atom. The Labute approximate surface area is 103 Å². The van der Waals surface area contributed by atoms with E-state index in [-0.39, 0.29) is 6.10 Å². The van der Waals surface area contributed by atoms with E-state index in [1.54, 1.807) is 6.07 Å². The molecule has 5 heteroatoms. The van der Waals surface area contributed by atoms with E-state index in [0.29, 0.717) is 22.3 Å². The Kier molecular flexibility index (Phi) is 3.39. The maximum atomic E-state index is 5.89. The summed E-state index contributed by atoms with van der Waals surface area (Å²) in [6.07, 6.45) is 0.652. The first-order valence-electron chi connectivity index (χ1n) is 4.44. The third-order valence-corrected chi connectivity index (χ3v) is 2.88. The Morgan fingerprint density at radius 2 is 1.93 bits per heavy atom. The first kappa shape index (κ1) is 11.1. The van der Waals surface area contributed by atoms with Gasteiger partial charge in [0.15, 0.2) is 0 Å². The van der Waals surface area contributed by atoms with Crippen molar-refractivity contribution < 1.29 is 4.84 Å². The molecule has 1 atom stereocenters. The maximum absolute atomic E-state index is 5.89. The zero-order valence-electron chi connectivity index (χ0n) is 7.71. The van der Waals surface area contributed by atoms with E-state index in [9.17, 15) is 0 Å². The summed E-state index contributed by atoms with van der Waals surface area (Å²) in [5.74, 6) is 0.432. The molecular formula is C10H8Cl3NO. The molecule has 0 spiro atoms. The van der Waals surface area contributed by atoms with Gasteiger partial charge < -0.3 is 4.84 Å². The molecule has 80 valence electrons. The molecule has 2 nitrogen and oxygen atoms in total. The van der Waals surface area contributed by atoms with Crippen LogP contribution in [0.25, 0.3) is 0 Å². The first-order chi connectivity index (χ1) is 7.19. The summed E-state index contributed by atoms with van der Waals surface area (Å²) in [5, 5.41) is 5.14. The molecule has 0 aromatic heterocycles. The van der Waals surface area contributed by atoms with E-state index in [1.165, 1.54) is 0 Å². The van der Waals surface area contributed by atoms with Gasteiger partial charge >= 0.3 is 0 Å². The van der Waals surface area contributed by atoms with E-state index in [0.717, 1.165) is 11.3 Å². The molecule has 0 bridgehead atoms. The number of halogens is 3. The molecule has 0 aliphatic carbocycles. The number of alkyl halides is 1. The largest absolute Gasteiger partial charge is 0.391 e. The normalized spacial score (nSPS) is 19.9. The number of benzene rings is 1. The highest BCUT2D eigenvalue weighted by Crippen LogP contribution is 2.23. The van der Waals surface area contributed by atoms with Gasteiger partial charge in [0.05, 0.1) is 11.6 Å². The Hall–Kier alpha value is -0.440. The second-order valence-corrected chi connectivity index (χ2v) is 4.46. The second kappa shape index (κ2) is 4.60. The van der Waals surface area contributed by atoms with Gasteiger partial charge in [-0.1, -0.05) is 28.4 Å². The molecule has 0 amide bonds. The Morgan fingerprint density at radius 3 is 2.47 bits per heavy atom. The van der Waals surface area contributed by atoms with E-state index in [4.69, 9.17) is 39.6 Å². The van der Waals surface area contributed by atoms with Crippen LogP contribution in [0.4, 0.5) is 0 Å². The quantitative estimate of drug-likeness (QED) is 0.746. The van der Waals surface area contributed by atoms with Crippen LogP contribution < -0.4 is 0 Å². The van der Waals surface area contributed by atoms with Crippen molar-refractivity contribution in [2.24, 2.45) is 5.16 Å². The molecule has 1 aliphatic rings. The van der Waals surface area contributed by atoms with E-state index < -0.39 is 0 Å². The number of nitrogens with zero attached hydrogens (tertiary/aromatic N) is 1. The summed E-state index contributed by atoms with van der Waals surface area (Å²) in [5.41, 5.74) is 1.73. The summed E-state index contributed by atoms with van der Waals surface area (Å²) < 4.78 is 0. The molecule has 1 unspecified atom stereocenters. The van der Waals surface area contributed by atoms with E-state index in [1.807, 2.05) is 12.1 Å². The van der Waals surface area contributed by atoms with Crippen LogP contribution in [0.5, 0.6) is 0 Å². The van der Waals surface area contributed by atoms with Crippen LogP contribution in [-0.4, -0.2) is 17.7 Å². The minimum atomic E-state index is -0.0422. The zero-order valence-corrected chi connectivity index (χ0v) is 9.98. The standard InChI is InChI=1S/C10H8Cl3NO/c11-5-9-4-10(14-15-9)6-1-7(12)3-8(13)2-6/h1-3,9H,4-5H2. The molecule has 1 heterocycles. The van der Waals surface area contributed by atoms with Gasteiger partial charge in [-0.25, -0.2) is 0 Å². The van der Waals surface area contributed by atoms with Crippen molar-refractivity contribution in [1.82, 2.24) is 0 Å². The lowest BCUT2D eigenvalue weighted by atomic mass is 10.1. The lowest BCUT2D eigenvalue weighted by Crippen LogP contribution is -2.09. The first-order valence-corrected chi connectivity index (χ1v) is 5.73. The fraction of sp³-hybridized carbons (Fsp3) is 0.300. The van der Waals surface area contributed by atoms with Gasteiger partial charge in [0, 0.05) is 22.0 Å². The van der Waals surface area contributed by atoms with Crippen LogP contribution in [0, 0.1) is 0 Å². The minimum absolute atomic E-state index is 0.0422. The average molecular weight is 265 g/mol. The molecule has 0 radical (unpaired) electrons. The lowest BCUT2D eigenvalue weighted by Gasteiger charge is -2.02. The molecule has 15 heavy (non-hydrogen) atoms. The van der Waals surface area contributed by atoms with Crippen LogP contribution in [0.2, 0.25) is 10.0 Å². The van der Waals surface area contributed by atoms with E-state index >= 15 is 0 Å². The molecular weight excluding hydrogens is 256 g/mol. The third-order valence-electron chi connectivity index (χ3n) is 2.10. The van der Waals surface area contributed by atoms with Gasteiger partial charge in [-0.15, -0.1) is 11.6 Å².